The van der Waals surface area contributed by atoms with Crippen LogP contribution in [0.15, 0.2) is 65.6 Å². The Hall–Kier alpha value is -5.37. The number of benzene rings is 2. The van der Waals surface area contributed by atoms with Crippen molar-refractivity contribution in [3.63, 3.8) is 0 Å². The third-order valence-electron chi connectivity index (χ3n) is 11.7. The topological polar surface area (TPSA) is 195 Å². The highest BCUT2D eigenvalue weighted by atomic mass is 16.7. The van der Waals surface area contributed by atoms with Gasteiger partial charge in [0.1, 0.15) is 17.6 Å². The first kappa shape index (κ1) is 44.7. The Labute approximate surface area is 344 Å². The molecule has 316 valence electrons. The van der Waals surface area contributed by atoms with Crippen molar-refractivity contribution in [1.82, 2.24) is 5.32 Å². The number of rotatable bonds is 4. The summed E-state index contributed by atoms with van der Waals surface area (Å²) in [6, 6.07) is 5.65. The normalized spacial score (nSPS) is 31.2. The lowest BCUT2D eigenvalue weighted by Gasteiger charge is -2.38. The van der Waals surface area contributed by atoms with Crippen molar-refractivity contribution in [3.05, 3.63) is 105 Å². The van der Waals surface area contributed by atoms with Gasteiger partial charge in [0.05, 0.1) is 47.0 Å². The molecule has 3 heterocycles. The molecule has 6 rings (SSSR count). The van der Waals surface area contributed by atoms with E-state index in [4.69, 9.17) is 18.9 Å². The van der Waals surface area contributed by atoms with Crippen LogP contribution < -0.4 is 10.1 Å². The summed E-state index contributed by atoms with van der Waals surface area (Å²) in [5.41, 5.74) is 1.14. The zero-order valence-electron chi connectivity index (χ0n) is 35.5. The van der Waals surface area contributed by atoms with Gasteiger partial charge in [-0.15, -0.1) is 0 Å². The first-order valence-corrected chi connectivity index (χ1v) is 19.7. The number of aliphatic hydroxyl groups is 2. The van der Waals surface area contributed by atoms with Gasteiger partial charge in [0.15, 0.2) is 5.78 Å². The molecule has 0 aromatic heterocycles. The van der Waals surface area contributed by atoms with E-state index in [1.807, 2.05) is 32.0 Å². The fourth-order valence-corrected chi connectivity index (χ4v) is 8.30. The molecule has 1 aliphatic carbocycles. The molecule has 13 nitrogen and oxygen atoms in total. The molecule has 13 heteroatoms. The molecular weight excluding hydrogens is 759 g/mol. The maximum atomic E-state index is 14.8. The summed E-state index contributed by atoms with van der Waals surface area (Å²) in [7, 11) is 1.43. The van der Waals surface area contributed by atoms with Gasteiger partial charge in [0.2, 0.25) is 5.78 Å². The number of carbonyl (C=O) groups excluding carboxylic acids is 5. The average Bonchev–Trinajstić information content (AvgIpc) is 3.44. The number of aromatic hydroxyl groups is 1. The van der Waals surface area contributed by atoms with Gasteiger partial charge in [-0.1, -0.05) is 75.2 Å². The van der Waals surface area contributed by atoms with Crippen molar-refractivity contribution < 1.29 is 58.2 Å². The Kier molecular flexibility index (Phi) is 13.2. The number of carbonyl (C=O) groups is 5. The number of amides is 1. The Morgan fingerprint density at radius 3 is 2.12 bits per heavy atom. The summed E-state index contributed by atoms with van der Waals surface area (Å²) < 4.78 is 23.6. The lowest BCUT2D eigenvalue weighted by atomic mass is 9.78. The summed E-state index contributed by atoms with van der Waals surface area (Å²) in [6.07, 6.45) is 3.37. The molecule has 0 saturated carbocycles. The molecule has 0 saturated heterocycles. The third-order valence-corrected chi connectivity index (χ3v) is 11.7. The van der Waals surface area contributed by atoms with Crippen molar-refractivity contribution in [3.8, 4) is 11.5 Å². The predicted octanol–water partition coefficient (Wildman–Crippen LogP) is 5.86. The lowest BCUT2D eigenvalue weighted by Crippen LogP contribution is -2.46. The quantitative estimate of drug-likeness (QED) is 0.269. The molecular formula is C46H55NO12. The van der Waals surface area contributed by atoms with Crippen LogP contribution in [0.2, 0.25) is 0 Å². The molecule has 0 unspecified atom stereocenters. The van der Waals surface area contributed by atoms with E-state index in [1.165, 1.54) is 53.2 Å². The number of phenolic OH excluding ortho intramolecular Hbond substituents is 1. The first-order chi connectivity index (χ1) is 27.6. The Balaban J connectivity index is 1.69. The highest BCUT2D eigenvalue weighted by molar-refractivity contribution is 6.32. The Morgan fingerprint density at radius 1 is 0.864 bits per heavy atom. The SMILES string of the molecule is CO[C@H]1/C=C/O[C@@]2(C)Oc3c(C)c(O)c4c(c3C2=O)C(=O)C(Cc2cc(C)cc(C)c2)=C(NC(=O)/C(C)=C\C=C\[C@H](C)[C@H](O)[C@@H](C)[C@H](O)[C@H](C)[C@H](OC(C)=O)[C@@H]1C)C4=O. The zero-order chi connectivity index (χ0) is 43.8. The van der Waals surface area contributed by atoms with Crippen molar-refractivity contribution in [2.24, 2.45) is 23.7 Å². The van der Waals surface area contributed by atoms with Gasteiger partial charge < -0.3 is 39.6 Å². The van der Waals surface area contributed by atoms with E-state index in [0.29, 0.717) is 5.56 Å². The van der Waals surface area contributed by atoms with Crippen LogP contribution >= 0.6 is 0 Å². The van der Waals surface area contributed by atoms with Crippen LogP contribution in [-0.4, -0.2) is 81.9 Å². The first-order valence-electron chi connectivity index (χ1n) is 19.7. The molecule has 0 fully saturated rings. The second kappa shape index (κ2) is 17.5. The number of methoxy groups -OCH3 is 1. The van der Waals surface area contributed by atoms with Gasteiger partial charge in [-0.3, -0.25) is 24.0 Å². The predicted molar refractivity (Wildman–Crippen MR) is 218 cm³/mol. The highest BCUT2D eigenvalue weighted by Crippen LogP contribution is 2.49. The van der Waals surface area contributed by atoms with Crippen molar-refractivity contribution >= 4 is 29.2 Å². The molecule has 3 aliphatic heterocycles. The highest BCUT2D eigenvalue weighted by Gasteiger charge is 2.52. The summed E-state index contributed by atoms with van der Waals surface area (Å²) in [5, 5.41) is 37.1. The molecule has 2 aromatic rings. The second-order valence-electron chi connectivity index (χ2n) is 16.3. The Morgan fingerprint density at radius 2 is 1.51 bits per heavy atom. The van der Waals surface area contributed by atoms with Crippen LogP contribution in [0.4, 0.5) is 0 Å². The largest absolute Gasteiger partial charge is 0.507 e. The van der Waals surface area contributed by atoms with Gasteiger partial charge in [0, 0.05) is 67.8 Å². The molecule has 4 aliphatic rings. The summed E-state index contributed by atoms with van der Waals surface area (Å²) >= 11 is 0. The van der Waals surface area contributed by atoms with Gasteiger partial charge in [0.25, 0.3) is 11.7 Å². The van der Waals surface area contributed by atoms with Crippen LogP contribution in [-0.2, 0) is 30.2 Å². The van der Waals surface area contributed by atoms with Crippen molar-refractivity contribution in [2.75, 3.05) is 7.11 Å². The number of ether oxygens (including phenoxy) is 4. The summed E-state index contributed by atoms with van der Waals surface area (Å²) in [6.45, 7) is 16.2. The van der Waals surface area contributed by atoms with Crippen molar-refractivity contribution in [1.29, 1.82) is 0 Å². The number of allylic oxidation sites excluding steroid dienone is 4. The van der Waals surface area contributed by atoms with Crippen LogP contribution in [0.1, 0.15) is 102 Å². The maximum Gasteiger partial charge on any atom is 0.312 e. The molecule has 2 aromatic carbocycles. The molecule has 1 amide bonds. The van der Waals surface area contributed by atoms with Crippen LogP contribution in [0.25, 0.3) is 0 Å². The molecule has 5 bridgehead atoms. The van der Waals surface area contributed by atoms with Gasteiger partial charge in [-0.25, -0.2) is 0 Å². The van der Waals surface area contributed by atoms with E-state index in [-0.39, 0.29) is 45.7 Å². The minimum atomic E-state index is -2.08. The number of aryl methyl sites for hydroxylation is 2. The molecule has 9 atom stereocenters. The lowest BCUT2D eigenvalue weighted by molar-refractivity contribution is -0.160. The fraction of sp³-hybridized carbons (Fsp3) is 0.457. The van der Waals surface area contributed by atoms with E-state index in [9.17, 15) is 39.3 Å². The molecule has 0 spiro atoms. The monoisotopic (exact) mass is 813 g/mol. The standard InChI is InChI=1S/C46H55NO12/c1-21-17-22(2)19-30(18-21)20-31-36-41(53)34-33(40(31)52)35-43(28(8)39(34)51)59-46(10,44(35)54)57-16-15-32(56-11)25(5)42(58-29(9)48)27(7)38(50)26(6)37(49)23(3)13-12-14-24(4)45(55)47-36/h12-19,23,25-27,32,37-38,42,49-51H,20H2,1-11H3,(H,47,55)/b13-12+,16-15+,24-14-/t23-,25+,26+,27-,32-,37-,38-,42+,46-/m0/s1. The number of hydrogen-bond acceptors (Lipinski definition) is 12. The van der Waals surface area contributed by atoms with Crippen LogP contribution in [0.5, 0.6) is 11.5 Å². The number of fused-ring (bicyclic) bond motifs is 14. The van der Waals surface area contributed by atoms with E-state index in [1.54, 1.807) is 39.8 Å². The van der Waals surface area contributed by atoms with Crippen LogP contribution in [0.3, 0.4) is 0 Å². The number of nitrogens with one attached hydrogen (secondary N) is 1. The second-order valence-corrected chi connectivity index (χ2v) is 16.3. The maximum absolute atomic E-state index is 14.8. The van der Waals surface area contributed by atoms with Gasteiger partial charge in [-0.05, 0) is 39.3 Å². The van der Waals surface area contributed by atoms with E-state index in [0.717, 1.165) is 11.1 Å². The fourth-order valence-electron chi connectivity index (χ4n) is 8.30. The number of hydrogen-bond donors (Lipinski definition) is 4. The number of Topliss-reactive ketones (excluding diaryl/α,β-unsaturated/α-hetero) is 3. The van der Waals surface area contributed by atoms with Crippen LogP contribution in [0, 0.1) is 44.4 Å². The third kappa shape index (κ3) is 8.69. The van der Waals surface area contributed by atoms with E-state index >= 15 is 0 Å². The van der Waals surface area contributed by atoms with E-state index in [2.05, 4.69) is 5.32 Å². The number of ketones is 3. The molecule has 59 heavy (non-hydrogen) atoms. The number of aliphatic hydroxyl groups excluding tert-OH is 2. The Bertz CT molecular complexity index is 2180. The minimum absolute atomic E-state index is 0.00502. The number of phenols is 1. The molecule has 0 radical (unpaired) electrons. The minimum Gasteiger partial charge on any atom is -0.507 e. The van der Waals surface area contributed by atoms with Crippen molar-refractivity contribution in [2.45, 2.75) is 106 Å². The summed E-state index contributed by atoms with van der Waals surface area (Å²) in [4.78, 5) is 69.9. The average molecular weight is 814 g/mol. The zero-order valence-corrected chi connectivity index (χ0v) is 35.5. The molecule has 4 N–H and O–H groups in total. The van der Waals surface area contributed by atoms with E-state index < -0.39 is 94.4 Å². The number of esters is 1. The van der Waals surface area contributed by atoms with Gasteiger partial charge >= 0.3 is 11.8 Å². The van der Waals surface area contributed by atoms with Gasteiger partial charge in [-0.2, -0.15) is 0 Å². The smallest absolute Gasteiger partial charge is 0.312 e. The summed E-state index contributed by atoms with van der Waals surface area (Å²) in [5.74, 6) is -9.05.